The Morgan fingerprint density at radius 2 is 2.00 bits per heavy atom. The molecule has 1 aromatic carbocycles. The normalized spacial score (nSPS) is 21.9. The fourth-order valence-corrected chi connectivity index (χ4v) is 4.06. The standard InChI is InChI=1S/C20H28N4O5/c1-13(29-9-14-6-4-3-5-7-14)16(18(26)21-2)23-17(25)15-8-22-10-20(15)11-24(12-20)19(27)28/h3-7,13,15-16,22H,8-12H2,1-2H3,(H,21,26)(H,23,25)(H,27,28)/t13-,15+,16+/m1/s1. The van der Waals surface area contributed by atoms with Gasteiger partial charge in [-0.2, -0.15) is 0 Å². The van der Waals surface area contributed by atoms with E-state index in [-0.39, 0.29) is 11.8 Å². The lowest BCUT2D eigenvalue weighted by atomic mass is 9.71. The molecule has 0 saturated carbocycles. The summed E-state index contributed by atoms with van der Waals surface area (Å²) in [6.07, 6.45) is -1.52. The maximum absolute atomic E-state index is 13.0. The van der Waals surface area contributed by atoms with E-state index >= 15 is 0 Å². The Morgan fingerprint density at radius 3 is 2.62 bits per heavy atom. The third-order valence-corrected chi connectivity index (χ3v) is 5.82. The molecule has 2 fully saturated rings. The number of carboxylic acid groups (broad SMARTS) is 1. The Kier molecular flexibility index (Phi) is 6.39. The molecular formula is C20H28N4O5. The molecule has 0 aliphatic carbocycles. The highest BCUT2D eigenvalue weighted by atomic mass is 16.5. The van der Waals surface area contributed by atoms with Gasteiger partial charge < -0.3 is 30.7 Å². The summed E-state index contributed by atoms with van der Waals surface area (Å²) in [5.41, 5.74) is 0.563. The van der Waals surface area contributed by atoms with Gasteiger partial charge in [-0.25, -0.2) is 4.79 Å². The Morgan fingerprint density at radius 1 is 1.31 bits per heavy atom. The maximum atomic E-state index is 13.0. The molecular weight excluding hydrogens is 376 g/mol. The van der Waals surface area contributed by atoms with Gasteiger partial charge in [0.05, 0.1) is 18.6 Å². The molecule has 0 bridgehead atoms. The van der Waals surface area contributed by atoms with Gasteiger partial charge >= 0.3 is 6.09 Å². The van der Waals surface area contributed by atoms with Crippen molar-refractivity contribution in [2.75, 3.05) is 33.2 Å². The second-order valence-electron chi connectivity index (χ2n) is 7.79. The third-order valence-electron chi connectivity index (χ3n) is 5.82. The Hall–Kier alpha value is -2.65. The molecule has 4 N–H and O–H groups in total. The van der Waals surface area contributed by atoms with Gasteiger partial charge in [0, 0.05) is 38.6 Å². The van der Waals surface area contributed by atoms with Gasteiger partial charge in [0.1, 0.15) is 6.04 Å². The zero-order valence-electron chi connectivity index (χ0n) is 16.7. The number of benzene rings is 1. The van der Waals surface area contributed by atoms with Crippen LogP contribution < -0.4 is 16.0 Å². The summed E-state index contributed by atoms with van der Waals surface area (Å²) in [4.78, 5) is 37.8. The van der Waals surface area contributed by atoms with Crippen molar-refractivity contribution in [2.24, 2.45) is 11.3 Å². The van der Waals surface area contributed by atoms with E-state index in [4.69, 9.17) is 9.84 Å². The Balaban J connectivity index is 1.62. The average Bonchev–Trinajstić information content (AvgIpc) is 3.14. The van der Waals surface area contributed by atoms with Gasteiger partial charge in [0.25, 0.3) is 0 Å². The van der Waals surface area contributed by atoms with Crippen molar-refractivity contribution in [1.29, 1.82) is 0 Å². The number of likely N-dealkylation sites (tertiary alicyclic amines) is 1. The van der Waals surface area contributed by atoms with Crippen LogP contribution in [0.3, 0.4) is 0 Å². The number of hydrogen-bond acceptors (Lipinski definition) is 5. The van der Waals surface area contributed by atoms with Crippen LogP contribution in [0.15, 0.2) is 30.3 Å². The number of carbonyl (C=O) groups excluding carboxylic acids is 2. The van der Waals surface area contributed by atoms with Crippen LogP contribution in [0.2, 0.25) is 0 Å². The molecule has 0 radical (unpaired) electrons. The van der Waals surface area contributed by atoms with Crippen LogP contribution >= 0.6 is 0 Å². The van der Waals surface area contributed by atoms with Gasteiger partial charge in [-0.05, 0) is 12.5 Å². The maximum Gasteiger partial charge on any atom is 0.407 e. The molecule has 2 aliphatic heterocycles. The Labute approximate surface area is 169 Å². The predicted molar refractivity (Wildman–Crippen MR) is 105 cm³/mol. The van der Waals surface area contributed by atoms with Gasteiger partial charge in [-0.1, -0.05) is 30.3 Å². The highest BCUT2D eigenvalue weighted by Crippen LogP contribution is 2.40. The second kappa shape index (κ2) is 8.79. The molecule has 29 heavy (non-hydrogen) atoms. The molecule has 1 aromatic rings. The van der Waals surface area contributed by atoms with Crippen molar-refractivity contribution < 1.29 is 24.2 Å². The van der Waals surface area contributed by atoms with E-state index in [2.05, 4.69) is 16.0 Å². The van der Waals surface area contributed by atoms with Crippen LogP contribution in [0, 0.1) is 11.3 Å². The molecule has 158 valence electrons. The molecule has 0 aromatic heterocycles. The molecule has 9 nitrogen and oxygen atoms in total. The number of rotatable bonds is 7. The lowest BCUT2D eigenvalue weighted by Crippen LogP contribution is -2.65. The zero-order chi connectivity index (χ0) is 21.0. The number of ether oxygens (including phenoxy) is 1. The largest absolute Gasteiger partial charge is 0.465 e. The van der Waals surface area contributed by atoms with E-state index in [0.717, 1.165) is 5.56 Å². The summed E-state index contributed by atoms with van der Waals surface area (Å²) in [5, 5.41) is 17.7. The predicted octanol–water partition coefficient (Wildman–Crippen LogP) is 0.0219. The Bertz CT molecular complexity index is 750. The van der Waals surface area contributed by atoms with Crippen molar-refractivity contribution in [3.05, 3.63) is 35.9 Å². The van der Waals surface area contributed by atoms with Crippen molar-refractivity contribution in [2.45, 2.75) is 25.7 Å². The highest BCUT2D eigenvalue weighted by molar-refractivity contribution is 5.89. The number of nitrogens with zero attached hydrogens (tertiary/aromatic N) is 1. The van der Waals surface area contributed by atoms with Crippen LogP contribution in [0.4, 0.5) is 4.79 Å². The van der Waals surface area contributed by atoms with Crippen LogP contribution in [0.1, 0.15) is 12.5 Å². The molecule has 1 spiro atoms. The second-order valence-corrected chi connectivity index (χ2v) is 7.79. The molecule has 9 heteroatoms. The molecule has 3 rings (SSSR count). The minimum Gasteiger partial charge on any atom is -0.465 e. The van der Waals surface area contributed by atoms with Crippen LogP contribution in [0.25, 0.3) is 0 Å². The van der Waals surface area contributed by atoms with Crippen molar-refractivity contribution in [3.8, 4) is 0 Å². The van der Waals surface area contributed by atoms with Gasteiger partial charge in [0.15, 0.2) is 0 Å². The third kappa shape index (κ3) is 4.51. The molecule has 3 atom stereocenters. The number of hydrogen-bond donors (Lipinski definition) is 4. The zero-order valence-corrected chi connectivity index (χ0v) is 16.7. The first-order chi connectivity index (χ1) is 13.9. The van der Waals surface area contributed by atoms with Crippen LogP contribution in [0.5, 0.6) is 0 Å². The van der Waals surface area contributed by atoms with E-state index < -0.39 is 29.6 Å². The first-order valence-electron chi connectivity index (χ1n) is 9.72. The fourth-order valence-electron chi connectivity index (χ4n) is 4.06. The van der Waals surface area contributed by atoms with Crippen molar-refractivity contribution >= 4 is 17.9 Å². The lowest BCUT2D eigenvalue weighted by Gasteiger charge is -2.49. The number of likely N-dealkylation sites (N-methyl/N-ethyl adjacent to an activating group) is 1. The summed E-state index contributed by atoms with van der Waals surface area (Å²) in [5.74, 6) is -0.991. The fraction of sp³-hybridized carbons (Fsp3) is 0.550. The van der Waals surface area contributed by atoms with Gasteiger partial charge in [0.2, 0.25) is 11.8 Å². The van der Waals surface area contributed by atoms with E-state index in [1.165, 1.54) is 11.9 Å². The van der Waals surface area contributed by atoms with Crippen LogP contribution in [-0.2, 0) is 20.9 Å². The molecule has 2 aliphatic rings. The first-order valence-corrected chi connectivity index (χ1v) is 9.72. The summed E-state index contributed by atoms with van der Waals surface area (Å²) in [6.45, 7) is 3.75. The smallest absolute Gasteiger partial charge is 0.407 e. The number of carbonyl (C=O) groups is 3. The minimum atomic E-state index is -0.979. The number of amides is 3. The molecule has 2 heterocycles. The number of nitrogens with one attached hydrogen (secondary N) is 3. The summed E-state index contributed by atoms with van der Waals surface area (Å²) < 4.78 is 5.84. The van der Waals surface area contributed by atoms with Crippen molar-refractivity contribution in [1.82, 2.24) is 20.9 Å². The van der Waals surface area contributed by atoms with Crippen molar-refractivity contribution in [3.63, 3.8) is 0 Å². The minimum absolute atomic E-state index is 0.260. The average molecular weight is 404 g/mol. The van der Waals surface area contributed by atoms with E-state index in [0.29, 0.717) is 32.8 Å². The SMILES string of the molecule is CNC(=O)[C@@H](NC(=O)[C@@H]1CNCC12CN(C(=O)O)C2)[C@@H](C)OCc1ccccc1. The monoisotopic (exact) mass is 404 g/mol. The van der Waals surface area contributed by atoms with Crippen LogP contribution in [-0.4, -0.2) is 73.3 Å². The first kappa shape index (κ1) is 21.1. The topological polar surface area (TPSA) is 120 Å². The van der Waals surface area contributed by atoms with E-state index in [9.17, 15) is 14.4 Å². The molecule has 2 saturated heterocycles. The van der Waals surface area contributed by atoms with Gasteiger partial charge in [-0.3, -0.25) is 9.59 Å². The lowest BCUT2D eigenvalue weighted by molar-refractivity contribution is -0.138. The summed E-state index contributed by atoms with van der Waals surface area (Å²) in [7, 11) is 1.51. The molecule has 0 unspecified atom stereocenters. The quantitative estimate of drug-likeness (QED) is 0.509. The highest BCUT2D eigenvalue weighted by Gasteiger charge is 2.56. The summed E-state index contributed by atoms with van der Waals surface area (Å²) >= 11 is 0. The van der Waals surface area contributed by atoms with Gasteiger partial charge in [-0.15, -0.1) is 0 Å². The van der Waals surface area contributed by atoms with E-state index in [1.807, 2.05) is 30.3 Å². The summed E-state index contributed by atoms with van der Waals surface area (Å²) in [6, 6.07) is 8.75. The molecule has 3 amide bonds. The van der Waals surface area contributed by atoms with E-state index in [1.54, 1.807) is 6.92 Å².